The van der Waals surface area contributed by atoms with E-state index in [1.165, 1.54) is 0 Å². The van der Waals surface area contributed by atoms with Crippen molar-refractivity contribution >= 4 is 17.7 Å². The average Bonchev–Trinajstić information content (AvgIpc) is 2.93. The Hall–Kier alpha value is -1.99. The highest BCUT2D eigenvalue weighted by molar-refractivity contribution is 5.68. The van der Waals surface area contributed by atoms with Crippen LogP contribution in [0.1, 0.15) is 37.4 Å². The van der Waals surface area contributed by atoms with Crippen molar-refractivity contribution in [3.8, 4) is 0 Å². The fourth-order valence-electron chi connectivity index (χ4n) is 4.92. The van der Waals surface area contributed by atoms with E-state index in [0.29, 0.717) is 48.7 Å². The Bertz CT molecular complexity index is 775. The van der Waals surface area contributed by atoms with Crippen molar-refractivity contribution < 1.29 is 18.7 Å². The lowest BCUT2D eigenvalue weighted by molar-refractivity contribution is -0.137. The first-order valence-electron chi connectivity index (χ1n) is 9.38. The van der Waals surface area contributed by atoms with Crippen LogP contribution in [0.4, 0.5) is 20.5 Å². The zero-order chi connectivity index (χ0) is 18.2. The Morgan fingerprint density at radius 2 is 2.04 bits per heavy atom. The lowest BCUT2D eigenvalue weighted by atomic mass is 10.1. The first kappa shape index (κ1) is 16.2. The maximum Gasteiger partial charge on any atom is 0.303 e. The number of nitrogens with zero attached hydrogens (tertiary/aromatic N) is 4. The molecule has 4 atom stereocenters. The number of anilines is 2. The summed E-state index contributed by atoms with van der Waals surface area (Å²) in [5.74, 6) is -1.63. The van der Waals surface area contributed by atoms with Crippen LogP contribution in [0.5, 0.6) is 0 Å². The number of hydrogen-bond donors (Lipinski definition) is 1. The zero-order valence-corrected chi connectivity index (χ0v) is 14.7. The molecular formula is C18H22F2N4O2. The number of carboxylic acids is 1. The summed E-state index contributed by atoms with van der Waals surface area (Å²) in [6, 6.07) is 0.280. The molecule has 5 rings (SSSR count). The quantitative estimate of drug-likeness (QED) is 0.884. The summed E-state index contributed by atoms with van der Waals surface area (Å²) in [5.41, 5.74) is 0.488. The molecule has 0 bridgehead atoms. The van der Waals surface area contributed by atoms with Crippen LogP contribution in [0.25, 0.3) is 0 Å². The van der Waals surface area contributed by atoms with Crippen molar-refractivity contribution in [2.24, 2.45) is 17.8 Å². The molecule has 1 unspecified atom stereocenters. The maximum absolute atomic E-state index is 14.4. The van der Waals surface area contributed by atoms with Gasteiger partial charge in [-0.15, -0.1) is 0 Å². The molecule has 0 radical (unpaired) electrons. The highest BCUT2D eigenvalue weighted by Crippen LogP contribution is 2.55. The van der Waals surface area contributed by atoms with E-state index >= 15 is 0 Å². The predicted octanol–water partition coefficient (Wildman–Crippen LogP) is 2.27. The van der Waals surface area contributed by atoms with Crippen molar-refractivity contribution in [3.05, 3.63) is 11.3 Å². The van der Waals surface area contributed by atoms with E-state index in [9.17, 15) is 13.6 Å². The minimum Gasteiger partial charge on any atom is -0.481 e. The van der Waals surface area contributed by atoms with Crippen LogP contribution in [0, 0.1) is 17.8 Å². The summed E-state index contributed by atoms with van der Waals surface area (Å²) in [6.45, 7) is 4.29. The van der Waals surface area contributed by atoms with Gasteiger partial charge >= 0.3 is 5.97 Å². The van der Waals surface area contributed by atoms with E-state index in [0.717, 1.165) is 13.0 Å². The minimum atomic E-state index is -2.88. The number of halogens is 2. The average molecular weight is 364 g/mol. The van der Waals surface area contributed by atoms with E-state index in [-0.39, 0.29) is 30.5 Å². The molecule has 6 nitrogen and oxygen atoms in total. The number of piperidine rings is 1. The fourth-order valence-corrected chi connectivity index (χ4v) is 4.92. The van der Waals surface area contributed by atoms with E-state index in [2.05, 4.69) is 16.8 Å². The molecule has 8 heteroatoms. The minimum absolute atomic E-state index is 0.0979. The van der Waals surface area contributed by atoms with Crippen molar-refractivity contribution in [3.63, 3.8) is 0 Å². The van der Waals surface area contributed by atoms with Crippen molar-refractivity contribution in [1.82, 2.24) is 9.97 Å². The molecule has 1 aromatic heterocycles. The third kappa shape index (κ3) is 2.30. The molecule has 2 aliphatic heterocycles. The summed E-state index contributed by atoms with van der Waals surface area (Å²) in [6.07, 6.45) is 1.33. The molecule has 0 aromatic carbocycles. The summed E-state index contributed by atoms with van der Waals surface area (Å²) in [4.78, 5) is 24.0. The second kappa shape index (κ2) is 5.27. The summed E-state index contributed by atoms with van der Waals surface area (Å²) >= 11 is 0. The Labute approximate surface area is 150 Å². The topological polar surface area (TPSA) is 69.6 Å². The first-order chi connectivity index (χ1) is 12.3. The van der Waals surface area contributed by atoms with Crippen LogP contribution >= 0.6 is 0 Å². The third-order valence-corrected chi connectivity index (χ3v) is 6.67. The van der Waals surface area contributed by atoms with Gasteiger partial charge in [0.25, 0.3) is 5.92 Å². The van der Waals surface area contributed by atoms with Gasteiger partial charge in [-0.25, -0.2) is 4.98 Å². The smallest absolute Gasteiger partial charge is 0.303 e. The summed E-state index contributed by atoms with van der Waals surface area (Å²) in [5, 5.41) is 8.98. The van der Waals surface area contributed by atoms with Gasteiger partial charge in [-0.05, 0) is 37.5 Å². The molecule has 26 heavy (non-hydrogen) atoms. The second-order valence-electron chi connectivity index (χ2n) is 8.20. The third-order valence-electron chi connectivity index (χ3n) is 6.67. The molecule has 3 heterocycles. The van der Waals surface area contributed by atoms with E-state index in [1.54, 1.807) is 0 Å². The van der Waals surface area contributed by atoms with Gasteiger partial charge in [0.05, 0.1) is 0 Å². The molecule has 0 spiro atoms. The molecule has 4 aliphatic rings. The monoisotopic (exact) mass is 364 g/mol. The number of aromatic nitrogens is 2. The van der Waals surface area contributed by atoms with Gasteiger partial charge in [0.15, 0.2) is 0 Å². The molecule has 0 amide bonds. The molecule has 140 valence electrons. The van der Waals surface area contributed by atoms with Crippen LogP contribution in [0.3, 0.4) is 0 Å². The van der Waals surface area contributed by atoms with Crippen molar-refractivity contribution in [2.45, 2.75) is 44.6 Å². The van der Waals surface area contributed by atoms with Crippen LogP contribution in [-0.4, -0.2) is 46.7 Å². The SMILES string of the molecule is C[C@H]1CCN1c1nc(N2C[C@@H]3C(CC(=O)O)[C@@H]3C2)c2c(n1)C(F)(F)CC2. The van der Waals surface area contributed by atoms with E-state index in [1.807, 2.05) is 4.90 Å². The lowest BCUT2D eigenvalue weighted by Crippen LogP contribution is -2.47. The highest BCUT2D eigenvalue weighted by Gasteiger charge is 2.57. The molecule has 1 aromatic rings. The maximum atomic E-state index is 14.4. The number of carbonyl (C=O) groups is 1. The zero-order valence-electron chi connectivity index (χ0n) is 14.7. The molecule has 2 saturated heterocycles. The van der Waals surface area contributed by atoms with Crippen LogP contribution < -0.4 is 9.80 Å². The number of alkyl halides is 2. The van der Waals surface area contributed by atoms with Crippen LogP contribution in [-0.2, 0) is 17.1 Å². The van der Waals surface area contributed by atoms with Gasteiger partial charge in [0.2, 0.25) is 5.95 Å². The lowest BCUT2D eigenvalue weighted by Gasteiger charge is -2.39. The second-order valence-corrected chi connectivity index (χ2v) is 8.20. The van der Waals surface area contributed by atoms with Crippen molar-refractivity contribution in [1.29, 1.82) is 0 Å². The van der Waals surface area contributed by atoms with Gasteiger partial charge in [-0.1, -0.05) is 0 Å². The molecule has 1 N–H and O–H groups in total. The van der Waals surface area contributed by atoms with Crippen LogP contribution in [0.15, 0.2) is 0 Å². The number of carboxylic acid groups (broad SMARTS) is 1. The molecule has 1 saturated carbocycles. The van der Waals surface area contributed by atoms with Crippen molar-refractivity contribution in [2.75, 3.05) is 29.4 Å². The van der Waals surface area contributed by atoms with Gasteiger partial charge in [0.1, 0.15) is 11.5 Å². The largest absolute Gasteiger partial charge is 0.481 e. The fraction of sp³-hybridized carbons (Fsp3) is 0.722. The summed E-state index contributed by atoms with van der Waals surface area (Å²) in [7, 11) is 0. The standard InChI is InChI=1S/C18H22F2N4O2/c1-9-3-5-24(9)17-21-15-10(2-4-18(15,19)20)16(22-17)23-7-12-11(6-14(25)26)13(12)8-23/h9,11-13H,2-8H2,1H3,(H,25,26)/t9-,11?,12-,13+/m0/s1. The highest BCUT2D eigenvalue weighted by atomic mass is 19.3. The first-order valence-corrected chi connectivity index (χ1v) is 9.38. The Morgan fingerprint density at radius 3 is 2.62 bits per heavy atom. The Balaban J connectivity index is 1.45. The van der Waals surface area contributed by atoms with E-state index in [4.69, 9.17) is 10.1 Å². The predicted molar refractivity (Wildman–Crippen MR) is 90.6 cm³/mol. The Kier molecular flexibility index (Phi) is 3.28. The molecule has 2 aliphatic carbocycles. The van der Waals surface area contributed by atoms with Gasteiger partial charge in [0, 0.05) is 44.1 Å². The van der Waals surface area contributed by atoms with E-state index < -0.39 is 11.9 Å². The molecular weight excluding hydrogens is 342 g/mol. The number of aliphatic carboxylic acids is 1. The number of fused-ring (bicyclic) bond motifs is 2. The normalized spacial score (nSPS) is 33.7. The molecule has 3 fully saturated rings. The number of hydrogen-bond acceptors (Lipinski definition) is 5. The van der Waals surface area contributed by atoms with Gasteiger partial charge in [-0.2, -0.15) is 13.8 Å². The summed E-state index contributed by atoms with van der Waals surface area (Å²) < 4.78 is 28.7. The Morgan fingerprint density at radius 1 is 1.31 bits per heavy atom. The van der Waals surface area contributed by atoms with Gasteiger partial charge in [-0.3, -0.25) is 4.79 Å². The van der Waals surface area contributed by atoms with Crippen LogP contribution in [0.2, 0.25) is 0 Å². The number of rotatable bonds is 4. The van der Waals surface area contributed by atoms with Gasteiger partial charge < -0.3 is 14.9 Å².